The molecule has 34 heavy (non-hydrogen) atoms. The molecular formula is C22H30FN3O7S. The molecule has 1 saturated carbocycles. The van der Waals surface area contributed by atoms with Gasteiger partial charge in [0.25, 0.3) is 10.1 Å². The summed E-state index contributed by atoms with van der Waals surface area (Å²) in [5, 5.41) is 9.46. The fourth-order valence-corrected chi connectivity index (χ4v) is 4.29. The molecule has 4 N–H and O–H groups in total. The second kappa shape index (κ2) is 9.16. The van der Waals surface area contributed by atoms with Gasteiger partial charge in [-0.15, -0.1) is 0 Å². The van der Waals surface area contributed by atoms with Crippen LogP contribution in [0.1, 0.15) is 49.5 Å². The van der Waals surface area contributed by atoms with Crippen LogP contribution < -0.4 is 20.8 Å². The molecule has 0 spiro atoms. The fourth-order valence-electron chi connectivity index (χ4n) is 4.29. The van der Waals surface area contributed by atoms with E-state index in [2.05, 4.69) is 13.8 Å². The molecule has 1 atom stereocenters. The van der Waals surface area contributed by atoms with E-state index in [1.807, 2.05) is 4.90 Å². The van der Waals surface area contributed by atoms with Crippen molar-refractivity contribution in [3.8, 4) is 5.75 Å². The van der Waals surface area contributed by atoms with Crippen molar-refractivity contribution < 1.29 is 32.0 Å². The number of aromatic nitrogens is 1. The monoisotopic (exact) mass is 499 g/mol. The molecule has 1 aromatic heterocycles. The van der Waals surface area contributed by atoms with Crippen molar-refractivity contribution in [2.24, 2.45) is 11.1 Å². The van der Waals surface area contributed by atoms with Crippen molar-refractivity contribution in [3.05, 3.63) is 33.9 Å². The van der Waals surface area contributed by atoms with E-state index in [0.29, 0.717) is 37.0 Å². The van der Waals surface area contributed by atoms with Crippen LogP contribution in [-0.2, 0) is 10.1 Å². The van der Waals surface area contributed by atoms with Crippen molar-refractivity contribution in [2.45, 2.75) is 45.2 Å². The minimum Gasteiger partial charge on any atom is -0.492 e. The molecule has 2 fully saturated rings. The van der Waals surface area contributed by atoms with Crippen molar-refractivity contribution in [3.63, 3.8) is 0 Å². The maximum atomic E-state index is 15.3. The molecule has 2 heterocycles. The molecule has 4 rings (SSSR count). The van der Waals surface area contributed by atoms with Crippen LogP contribution in [0.4, 0.5) is 10.1 Å². The molecule has 188 valence electrons. The molecule has 0 bridgehead atoms. The topological polar surface area (TPSA) is 152 Å². The van der Waals surface area contributed by atoms with Gasteiger partial charge in [0.1, 0.15) is 11.3 Å². The summed E-state index contributed by atoms with van der Waals surface area (Å²) in [6.45, 7) is 5.22. The number of rotatable bonds is 4. The maximum Gasteiger partial charge on any atom is 0.341 e. The van der Waals surface area contributed by atoms with Gasteiger partial charge in [-0.2, -0.15) is 8.42 Å². The Kier molecular flexibility index (Phi) is 6.98. The molecule has 0 unspecified atom stereocenters. The average Bonchev–Trinajstić information content (AvgIpc) is 3.53. The number of nitrogens with two attached hydrogens (primary N) is 1. The summed E-state index contributed by atoms with van der Waals surface area (Å²) in [6.07, 6.45) is 4.54. The first-order valence-electron chi connectivity index (χ1n) is 10.8. The molecular weight excluding hydrogens is 469 g/mol. The molecule has 1 aromatic carbocycles. The summed E-state index contributed by atoms with van der Waals surface area (Å²) < 4.78 is 48.6. The summed E-state index contributed by atoms with van der Waals surface area (Å²) >= 11 is 0. The molecule has 1 saturated heterocycles. The Bertz CT molecular complexity index is 1280. The lowest BCUT2D eigenvalue weighted by Gasteiger charge is -2.44. The SMILES string of the molecule is COc1c(N2CC[C@H](N)C(C)(C)C2)c(F)cc2c(=O)c(C(=O)O)cn(C3CC3)c12.CS(=O)(=O)O. The summed E-state index contributed by atoms with van der Waals surface area (Å²) in [5.74, 6) is -1.64. The van der Waals surface area contributed by atoms with Crippen molar-refractivity contribution in [1.82, 2.24) is 4.57 Å². The van der Waals surface area contributed by atoms with E-state index < -0.39 is 27.3 Å². The molecule has 2 aromatic rings. The highest BCUT2D eigenvalue weighted by atomic mass is 32.2. The number of methoxy groups -OCH3 is 1. The minimum atomic E-state index is -3.67. The van der Waals surface area contributed by atoms with Gasteiger partial charge >= 0.3 is 5.97 Å². The Labute approximate surface area is 196 Å². The molecule has 0 amide bonds. The van der Waals surface area contributed by atoms with Gasteiger partial charge in [0.2, 0.25) is 5.43 Å². The van der Waals surface area contributed by atoms with Crippen LogP contribution in [0.5, 0.6) is 5.75 Å². The van der Waals surface area contributed by atoms with Gasteiger partial charge < -0.3 is 25.0 Å². The number of carboxylic acids is 1. The zero-order valence-electron chi connectivity index (χ0n) is 19.5. The highest BCUT2D eigenvalue weighted by molar-refractivity contribution is 7.85. The number of hydrogen-bond acceptors (Lipinski definition) is 7. The van der Waals surface area contributed by atoms with E-state index in [9.17, 15) is 23.1 Å². The van der Waals surface area contributed by atoms with Crippen LogP contribution in [0.2, 0.25) is 0 Å². The van der Waals surface area contributed by atoms with Crippen molar-refractivity contribution in [1.29, 1.82) is 0 Å². The van der Waals surface area contributed by atoms with Gasteiger partial charge in [-0.1, -0.05) is 13.8 Å². The first-order valence-corrected chi connectivity index (χ1v) is 12.6. The zero-order valence-corrected chi connectivity index (χ0v) is 20.4. The molecule has 10 nitrogen and oxygen atoms in total. The lowest BCUT2D eigenvalue weighted by Crippen LogP contribution is -2.52. The van der Waals surface area contributed by atoms with E-state index in [1.165, 1.54) is 13.3 Å². The lowest BCUT2D eigenvalue weighted by molar-refractivity contribution is 0.0694. The maximum absolute atomic E-state index is 15.3. The number of fused-ring (bicyclic) bond motifs is 1. The Morgan fingerprint density at radius 2 is 1.88 bits per heavy atom. The Morgan fingerprint density at radius 3 is 2.35 bits per heavy atom. The predicted molar refractivity (Wildman–Crippen MR) is 126 cm³/mol. The van der Waals surface area contributed by atoms with E-state index in [1.54, 1.807) is 4.57 Å². The number of carbonyl (C=O) groups is 1. The molecule has 1 aliphatic heterocycles. The van der Waals surface area contributed by atoms with Crippen molar-refractivity contribution >= 4 is 32.7 Å². The first-order chi connectivity index (χ1) is 15.7. The van der Waals surface area contributed by atoms with Crippen LogP contribution in [-0.4, -0.2) is 61.1 Å². The third-order valence-electron chi connectivity index (χ3n) is 6.20. The smallest absolute Gasteiger partial charge is 0.341 e. The zero-order chi connectivity index (χ0) is 25.6. The summed E-state index contributed by atoms with van der Waals surface area (Å²) in [7, 11) is -2.22. The fraction of sp³-hybridized carbons (Fsp3) is 0.545. The number of aromatic carboxylic acids is 1. The highest BCUT2D eigenvalue weighted by Crippen LogP contribution is 2.45. The number of anilines is 1. The predicted octanol–water partition coefficient (Wildman–Crippen LogP) is 2.25. The number of hydrogen-bond donors (Lipinski definition) is 3. The normalized spacial score (nSPS) is 20.0. The largest absolute Gasteiger partial charge is 0.492 e. The molecule has 0 radical (unpaired) electrons. The van der Waals surface area contributed by atoms with Gasteiger partial charge in [-0.25, -0.2) is 9.18 Å². The Morgan fingerprint density at radius 1 is 1.29 bits per heavy atom. The third kappa shape index (κ3) is 5.34. The van der Waals surface area contributed by atoms with Crippen LogP contribution in [0.25, 0.3) is 10.9 Å². The van der Waals surface area contributed by atoms with Crippen LogP contribution >= 0.6 is 0 Å². The van der Waals surface area contributed by atoms with E-state index in [0.717, 1.165) is 18.9 Å². The minimum absolute atomic E-state index is 0.0102. The second-order valence-electron chi connectivity index (χ2n) is 9.49. The molecule has 12 heteroatoms. The Balaban J connectivity index is 0.000000588. The average molecular weight is 500 g/mol. The molecule has 2 aliphatic rings. The van der Waals surface area contributed by atoms with Crippen LogP contribution in [0.3, 0.4) is 0 Å². The number of piperidine rings is 1. The number of ether oxygens (including phenoxy) is 1. The molecule has 1 aliphatic carbocycles. The number of pyridine rings is 1. The van der Waals surface area contributed by atoms with Crippen LogP contribution in [0, 0.1) is 11.2 Å². The van der Waals surface area contributed by atoms with Gasteiger partial charge in [0.15, 0.2) is 11.6 Å². The number of nitrogens with zero attached hydrogens (tertiary/aromatic N) is 2. The first kappa shape index (κ1) is 25.9. The van der Waals surface area contributed by atoms with Gasteiger partial charge in [-0.05, 0) is 30.7 Å². The van der Waals surface area contributed by atoms with E-state index >= 15 is 4.39 Å². The quantitative estimate of drug-likeness (QED) is 0.538. The summed E-state index contributed by atoms with van der Waals surface area (Å²) in [5.41, 5.74) is 5.72. The summed E-state index contributed by atoms with van der Waals surface area (Å²) in [6, 6.07) is 1.24. The number of carboxylic acid groups (broad SMARTS) is 1. The van der Waals surface area contributed by atoms with E-state index in [-0.39, 0.29) is 34.2 Å². The van der Waals surface area contributed by atoms with E-state index in [4.69, 9.17) is 15.0 Å². The van der Waals surface area contributed by atoms with Crippen LogP contribution in [0.15, 0.2) is 17.1 Å². The van der Waals surface area contributed by atoms with Gasteiger partial charge in [-0.3, -0.25) is 9.35 Å². The third-order valence-corrected chi connectivity index (χ3v) is 6.20. The van der Waals surface area contributed by atoms with Gasteiger partial charge in [0, 0.05) is 31.4 Å². The standard InChI is InChI=1S/C21H26FN3O4.CH4O3S/c1-21(2)10-24(7-6-15(21)23)17-14(22)8-12-16(19(17)29-3)25(11-4-5-11)9-13(18(12)26)20(27)28;1-5(2,3)4/h8-9,11,15H,4-7,10,23H2,1-3H3,(H,27,28);1H3,(H,2,3,4)/t15-;/m0./s1. The summed E-state index contributed by atoms with van der Waals surface area (Å²) in [4.78, 5) is 26.3. The number of benzene rings is 1. The van der Waals surface area contributed by atoms with Gasteiger partial charge in [0.05, 0.1) is 24.3 Å². The van der Waals surface area contributed by atoms with Crippen molar-refractivity contribution in [2.75, 3.05) is 31.4 Å². The second-order valence-corrected chi connectivity index (χ2v) is 11.0. The lowest BCUT2D eigenvalue weighted by atomic mass is 9.79. The Hall–Kier alpha value is -2.70. The highest BCUT2D eigenvalue weighted by Gasteiger charge is 2.37. The number of halogens is 1.